The van der Waals surface area contributed by atoms with Crippen LogP contribution in [0.15, 0.2) is 34.4 Å². The average Bonchev–Trinajstić information content (AvgIpc) is 2.82. The molecular formula is C12H15N3O3S2. The molecule has 0 radical (unpaired) electrons. The quantitative estimate of drug-likeness (QED) is 0.723. The molecule has 1 heterocycles. The van der Waals surface area contributed by atoms with E-state index in [-0.39, 0.29) is 17.2 Å². The van der Waals surface area contributed by atoms with Gasteiger partial charge in [-0.1, -0.05) is 35.6 Å². The minimum atomic E-state index is -3.46. The van der Waals surface area contributed by atoms with Crippen molar-refractivity contribution in [1.82, 2.24) is 9.71 Å². The third kappa shape index (κ3) is 4.27. The molecule has 0 aliphatic rings. The minimum Gasteiger partial charge on any atom is -0.326 e. The summed E-state index contributed by atoms with van der Waals surface area (Å²) in [5.41, 5.74) is 7.65. The molecule has 0 spiro atoms. The first-order chi connectivity index (χ1) is 9.48. The molecule has 0 aliphatic carbocycles. The second-order valence-electron chi connectivity index (χ2n) is 4.28. The molecule has 0 saturated heterocycles. The highest BCUT2D eigenvalue weighted by molar-refractivity contribution is 7.88. The Hall–Kier alpha value is -1.48. The second-order valence-corrected chi connectivity index (χ2v) is 6.93. The van der Waals surface area contributed by atoms with E-state index >= 15 is 0 Å². The summed E-state index contributed by atoms with van der Waals surface area (Å²) in [4.78, 5) is 13.3. The number of nitrogens with one attached hydrogen (secondary N) is 2. The van der Waals surface area contributed by atoms with E-state index in [1.807, 2.05) is 6.07 Å². The van der Waals surface area contributed by atoms with Gasteiger partial charge in [0.25, 0.3) is 0 Å². The Labute approximate surface area is 120 Å². The van der Waals surface area contributed by atoms with Crippen molar-refractivity contribution < 1.29 is 8.42 Å². The van der Waals surface area contributed by atoms with Crippen molar-refractivity contribution in [3.05, 3.63) is 56.1 Å². The summed E-state index contributed by atoms with van der Waals surface area (Å²) < 4.78 is 26.3. The summed E-state index contributed by atoms with van der Waals surface area (Å²) in [6.07, 6.45) is 0. The van der Waals surface area contributed by atoms with Crippen molar-refractivity contribution in [3.8, 4) is 0 Å². The average molecular weight is 313 g/mol. The number of hydrogen-bond acceptors (Lipinski definition) is 5. The lowest BCUT2D eigenvalue weighted by Gasteiger charge is -2.07. The number of benzene rings is 1. The Bertz CT molecular complexity index is 734. The second kappa shape index (κ2) is 6.31. The van der Waals surface area contributed by atoms with Gasteiger partial charge >= 0.3 is 4.87 Å². The van der Waals surface area contributed by atoms with E-state index in [2.05, 4.69) is 9.71 Å². The molecule has 0 unspecified atom stereocenters. The zero-order chi connectivity index (χ0) is 14.6. The molecule has 0 fully saturated rings. The monoisotopic (exact) mass is 313 g/mol. The summed E-state index contributed by atoms with van der Waals surface area (Å²) in [7, 11) is -3.46. The summed E-state index contributed by atoms with van der Waals surface area (Å²) >= 11 is 1.00. The molecule has 1 aromatic carbocycles. The van der Waals surface area contributed by atoms with E-state index in [0.717, 1.165) is 16.9 Å². The first-order valence-electron chi connectivity index (χ1n) is 5.90. The molecule has 1 aromatic heterocycles. The van der Waals surface area contributed by atoms with E-state index in [4.69, 9.17) is 5.73 Å². The van der Waals surface area contributed by atoms with Crippen LogP contribution in [0.1, 0.15) is 16.8 Å². The van der Waals surface area contributed by atoms with Crippen LogP contribution >= 0.6 is 11.3 Å². The molecule has 4 N–H and O–H groups in total. The van der Waals surface area contributed by atoms with E-state index in [1.54, 1.807) is 23.6 Å². The number of sulfonamides is 1. The van der Waals surface area contributed by atoms with Gasteiger partial charge in [0, 0.05) is 17.6 Å². The van der Waals surface area contributed by atoms with Gasteiger partial charge in [0.2, 0.25) is 10.0 Å². The standard InChI is InChI=1S/C12H15N3O3S2/c13-5-9-2-1-3-10(4-9)8-20(17,18)14-6-11-7-19-12(16)15-11/h1-4,7,14H,5-6,8,13H2,(H,15,16). The van der Waals surface area contributed by atoms with E-state index in [0.29, 0.717) is 17.8 Å². The largest absolute Gasteiger partial charge is 0.326 e. The topological polar surface area (TPSA) is 105 Å². The number of rotatable bonds is 6. The zero-order valence-corrected chi connectivity index (χ0v) is 12.3. The lowest BCUT2D eigenvalue weighted by molar-refractivity contribution is 0.579. The molecule has 6 nitrogen and oxygen atoms in total. The maximum atomic E-state index is 11.9. The summed E-state index contributed by atoms with van der Waals surface area (Å²) in [6, 6.07) is 7.14. The van der Waals surface area contributed by atoms with Gasteiger partial charge in [0.05, 0.1) is 12.3 Å². The first-order valence-corrected chi connectivity index (χ1v) is 8.43. The van der Waals surface area contributed by atoms with E-state index < -0.39 is 10.0 Å². The maximum absolute atomic E-state index is 11.9. The molecule has 2 aromatic rings. The number of nitrogens with two attached hydrogens (primary N) is 1. The SMILES string of the molecule is NCc1cccc(CS(=O)(=O)NCc2csc(=O)[nH]2)c1. The number of H-pyrrole nitrogens is 1. The van der Waals surface area contributed by atoms with Crippen LogP contribution in [0.25, 0.3) is 0 Å². The van der Waals surface area contributed by atoms with Crippen LogP contribution in [0.3, 0.4) is 0 Å². The minimum absolute atomic E-state index is 0.0810. The Morgan fingerprint density at radius 3 is 2.70 bits per heavy atom. The van der Waals surface area contributed by atoms with Gasteiger partial charge in [-0.05, 0) is 11.1 Å². The highest BCUT2D eigenvalue weighted by Gasteiger charge is 2.12. The fourth-order valence-corrected chi connectivity index (χ4v) is 3.38. The number of aromatic nitrogens is 1. The predicted molar refractivity (Wildman–Crippen MR) is 78.7 cm³/mol. The molecule has 0 saturated carbocycles. The molecule has 20 heavy (non-hydrogen) atoms. The van der Waals surface area contributed by atoms with Crippen LogP contribution in [0, 0.1) is 0 Å². The van der Waals surface area contributed by atoms with E-state index in [9.17, 15) is 13.2 Å². The van der Waals surface area contributed by atoms with Crippen LogP contribution in [0.4, 0.5) is 0 Å². The summed E-state index contributed by atoms with van der Waals surface area (Å²) in [5.74, 6) is -0.116. The van der Waals surface area contributed by atoms with Crippen molar-refractivity contribution in [2.75, 3.05) is 0 Å². The van der Waals surface area contributed by atoms with Crippen molar-refractivity contribution in [2.45, 2.75) is 18.8 Å². The Balaban J connectivity index is 2.01. The predicted octanol–water partition coefficient (Wildman–Crippen LogP) is 0.515. The fourth-order valence-electron chi connectivity index (χ4n) is 1.71. The van der Waals surface area contributed by atoms with Crippen molar-refractivity contribution in [1.29, 1.82) is 0 Å². The Kier molecular flexibility index (Phi) is 4.71. The smallest absolute Gasteiger partial charge is 0.304 e. The van der Waals surface area contributed by atoms with Crippen molar-refractivity contribution in [3.63, 3.8) is 0 Å². The van der Waals surface area contributed by atoms with Gasteiger partial charge in [-0.3, -0.25) is 4.79 Å². The zero-order valence-electron chi connectivity index (χ0n) is 10.6. The molecule has 2 rings (SSSR count). The van der Waals surface area contributed by atoms with Gasteiger partial charge in [0.1, 0.15) is 0 Å². The number of hydrogen-bond donors (Lipinski definition) is 3. The van der Waals surface area contributed by atoms with Crippen molar-refractivity contribution >= 4 is 21.4 Å². The molecule has 0 aliphatic heterocycles. The molecule has 0 bridgehead atoms. The van der Waals surface area contributed by atoms with Crippen LogP contribution in [-0.4, -0.2) is 13.4 Å². The molecule has 108 valence electrons. The van der Waals surface area contributed by atoms with Gasteiger partial charge in [0.15, 0.2) is 0 Å². The lowest BCUT2D eigenvalue weighted by atomic mass is 10.1. The summed E-state index contributed by atoms with van der Waals surface area (Å²) in [6.45, 7) is 0.453. The Morgan fingerprint density at radius 2 is 2.05 bits per heavy atom. The molecule has 0 atom stereocenters. The van der Waals surface area contributed by atoms with Gasteiger partial charge in [-0.15, -0.1) is 0 Å². The number of aromatic amines is 1. The lowest BCUT2D eigenvalue weighted by Crippen LogP contribution is -2.25. The highest BCUT2D eigenvalue weighted by Crippen LogP contribution is 2.08. The maximum Gasteiger partial charge on any atom is 0.304 e. The van der Waals surface area contributed by atoms with Crippen LogP contribution in [0.2, 0.25) is 0 Å². The van der Waals surface area contributed by atoms with Crippen LogP contribution < -0.4 is 15.3 Å². The van der Waals surface area contributed by atoms with Crippen LogP contribution in [-0.2, 0) is 28.9 Å². The highest BCUT2D eigenvalue weighted by atomic mass is 32.2. The molecule has 8 heteroatoms. The fraction of sp³-hybridized carbons (Fsp3) is 0.250. The molecule has 0 amide bonds. The van der Waals surface area contributed by atoms with Crippen LogP contribution in [0.5, 0.6) is 0 Å². The van der Waals surface area contributed by atoms with E-state index in [1.165, 1.54) is 0 Å². The van der Waals surface area contributed by atoms with Gasteiger partial charge < -0.3 is 10.7 Å². The summed E-state index contributed by atoms with van der Waals surface area (Å²) in [5, 5.41) is 1.60. The third-order valence-corrected chi connectivity index (χ3v) is 4.65. The third-order valence-electron chi connectivity index (χ3n) is 2.64. The number of thiazole rings is 1. The normalized spacial score (nSPS) is 11.7. The van der Waals surface area contributed by atoms with Gasteiger partial charge in [-0.2, -0.15) is 0 Å². The van der Waals surface area contributed by atoms with Crippen molar-refractivity contribution in [2.24, 2.45) is 5.73 Å². The van der Waals surface area contributed by atoms with Gasteiger partial charge in [-0.25, -0.2) is 13.1 Å². The first kappa shape index (κ1) is 14.9. The molecular weight excluding hydrogens is 298 g/mol. The Morgan fingerprint density at radius 1 is 1.30 bits per heavy atom.